The second kappa shape index (κ2) is 4.41. The number of pyridine rings is 1. The Bertz CT molecular complexity index is 350. The molecule has 0 aromatic carbocycles. The van der Waals surface area contributed by atoms with E-state index in [1.807, 2.05) is 6.07 Å². The lowest BCUT2D eigenvalue weighted by Gasteiger charge is -2.18. The minimum atomic E-state index is -0.869. The smallest absolute Gasteiger partial charge is 0.323 e. The summed E-state index contributed by atoms with van der Waals surface area (Å²) in [5.74, 6) is -0.869. The summed E-state index contributed by atoms with van der Waals surface area (Å²) in [6.07, 6.45) is 3.25. The van der Waals surface area contributed by atoms with Crippen LogP contribution in [0.2, 0.25) is 0 Å². The Hall–Kier alpha value is -1.84. The van der Waals surface area contributed by atoms with Crippen molar-refractivity contribution in [1.82, 2.24) is 4.98 Å². The van der Waals surface area contributed by atoms with Gasteiger partial charge in [0.05, 0.1) is 11.4 Å². The molecule has 0 unspecified atom stereocenters. The van der Waals surface area contributed by atoms with Crippen LogP contribution in [0.25, 0.3) is 6.08 Å². The summed E-state index contributed by atoms with van der Waals surface area (Å²) in [6.45, 7) is 3.57. The molecule has 1 rings (SSSR count). The number of carboxylic acids is 1. The number of hydrogen-bond acceptors (Lipinski definition) is 3. The van der Waals surface area contributed by atoms with E-state index in [-0.39, 0.29) is 6.54 Å². The van der Waals surface area contributed by atoms with Gasteiger partial charge in [-0.25, -0.2) is 0 Å². The van der Waals surface area contributed by atoms with Crippen molar-refractivity contribution in [2.45, 2.75) is 0 Å². The molecule has 1 aromatic rings. The highest BCUT2D eigenvalue weighted by atomic mass is 16.4. The summed E-state index contributed by atoms with van der Waals surface area (Å²) in [7, 11) is 1.71. The summed E-state index contributed by atoms with van der Waals surface area (Å²) in [5.41, 5.74) is 1.46. The van der Waals surface area contributed by atoms with Gasteiger partial charge in [-0.2, -0.15) is 0 Å². The van der Waals surface area contributed by atoms with Crippen molar-refractivity contribution in [2.75, 3.05) is 18.5 Å². The SMILES string of the molecule is C=Cc1ncccc1N(C)CC(=O)O. The third-order valence-corrected chi connectivity index (χ3v) is 1.79. The van der Waals surface area contributed by atoms with E-state index in [1.54, 1.807) is 30.3 Å². The van der Waals surface area contributed by atoms with Crippen molar-refractivity contribution in [1.29, 1.82) is 0 Å². The van der Waals surface area contributed by atoms with E-state index < -0.39 is 5.97 Å². The van der Waals surface area contributed by atoms with Gasteiger partial charge in [0.2, 0.25) is 0 Å². The zero-order chi connectivity index (χ0) is 10.6. The predicted octanol–water partition coefficient (Wildman–Crippen LogP) is 1.25. The van der Waals surface area contributed by atoms with Gasteiger partial charge in [-0.15, -0.1) is 0 Å². The zero-order valence-corrected chi connectivity index (χ0v) is 7.97. The van der Waals surface area contributed by atoms with Gasteiger partial charge < -0.3 is 10.0 Å². The fourth-order valence-electron chi connectivity index (χ4n) is 1.18. The topological polar surface area (TPSA) is 53.4 Å². The van der Waals surface area contributed by atoms with E-state index >= 15 is 0 Å². The van der Waals surface area contributed by atoms with E-state index in [2.05, 4.69) is 11.6 Å². The molecular formula is C10H12N2O2. The van der Waals surface area contributed by atoms with Crippen molar-refractivity contribution in [3.63, 3.8) is 0 Å². The summed E-state index contributed by atoms with van der Waals surface area (Å²) in [6, 6.07) is 3.58. The molecule has 1 heterocycles. The molecule has 0 aliphatic heterocycles. The third-order valence-electron chi connectivity index (χ3n) is 1.79. The molecule has 1 aromatic heterocycles. The number of likely N-dealkylation sites (N-methyl/N-ethyl adjacent to an activating group) is 1. The highest BCUT2D eigenvalue weighted by Crippen LogP contribution is 2.16. The summed E-state index contributed by atoms with van der Waals surface area (Å²) >= 11 is 0. The average Bonchev–Trinajstić information content (AvgIpc) is 2.16. The van der Waals surface area contributed by atoms with Crippen LogP contribution in [0.3, 0.4) is 0 Å². The van der Waals surface area contributed by atoms with Crippen LogP contribution in [0.5, 0.6) is 0 Å². The predicted molar refractivity (Wildman–Crippen MR) is 55.2 cm³/mol. The molecule has 4 heteroatoms. The quantitative estimate of drug-likeness (QED) is 0.780. The number of hydrogen-bond donors (Lipinski definition) is 1. The Morgan fingerprint density at radius 3 is 3.07 bits per heavy atom. The van der Waals surface area contributed by atoms with Crippen molar-refractivity contribution < 1.29 is 9.90 Å². The molecule has 0 bridgehead atoms. The molecule has 0 saturated carbocycles. The standard InChI is InChI=1S/C10H12N2O2/c1-3-8-9(5-4-6-11-8)12(2)7-10(13)14/h3-6H,1,7H2,2H3,(H,13,14). The molecule has 0 radical (unpaired) electrons. The molecular weight excluding hydrogens is 180 g/mol. The Balaban J connectivity index is 2.93. The van der Waals surface area contributed by atoms with Crippen LogP contribution in [0, 0.1) is 0 Å². The second-order valence-electron chi connectivity index (χ2n) is 2.86. The first kappa shape index (κ1) is 10.2. The largest absolute Gasteiger partial charge is 0.480 e. The highest BCUT2D eigenvalue weighted by molar-refractivity contribution is 5.75. The summed E-state index contributed by atoms with van der Waals surface area (Å²) < 4.78 is 0. The van der Waals surface area contributed by atoms with Gasteiger partial charge in [0.1, 0.15) is 6.54 Å². The monoisotopic (exact) mass is 192 g/mol. The van der Waals surface area contributed by atoms with Crippen molar-refractivity contribution in [2.24, 2.45) is 0 Å². The van der Waals surface area contributed by atoms with Crippen LogP contribution >= 0.6 is 0 Å². The van der Waals surface area contributed by atoms with Gasteiger partial charge >= 0.3 is 5.97 Å². The number of nitrogens with zero attached hydrogens (tertiary/aromatic N) is 2. The molecule has 0 atom stereocenters. The molecule has 0 aliphatic carbocycles. The number of rotatable bonds is 4. The third kappa shape index (κ3) is 2.32. The molecule has 14 heavy (non-hydrogen) atoms. The van der Waals surface area contributed by atoms with Gasteiger partial charge in [0.25, 0.3) is 0 Å². The maximum Gasteiger partial charge on any atom is 0.323 e. The number of carboxylic acid groups (broad SMARTS) is 1. The molecule has 1 N–H and O–H groups in total. The van der Waals surface area contributed by atoms with E-state index in [4.69, 9.17) is 5.11 Å². The van der Waals surface area contributed by atoms with E-state index in [1.165, 1.54) is 0 Å². The normalized spacial score (nSPS) is 9.50. The lowest BCUT2D eigenvalue weighted by atomic mass is 10.2. The highest BCUT2D eigenvalue weighted by Gasteiger charge is 2.08. The van der Waals surface area contributed by atoms with Crippen LogP contribution in [-0.2, 0) is 4.79 Å². The van der Waals surface area contributed by atoms with Gasteiger partial charge in [0.15, 0.2) is 0 Å². The maximum atomic E-state index is 10.5. The van der Waals surface area contributed by atoms with Gasteiger partial charge in [0, 0.05) is 13.2 Å². The lowest BCUT2D eigenvalue weighted by molar-refractivity contribution is -0.135. The van der Waals surface area contributed by atoms with E-state index in [0.717, 1.165) is 5.69 Å². The second-order valence-corrected chi connectivity index (χ2v) is 2.86. The average molecular weight is 192 g/mol. The number of aromatic nitrogens is 1. The van der Waals surface area contributed by atoms with Crippen molar-refractivity contribution in [3.05, 3.63) is 30.6 Å². The Morgan fingerprint density at radius 1 is 1.79 bits per heavy atom. The number of carbonyl (C=O) groups is 1. The Morgan fingerprint density at radius 2 is 2.50 bits per heavy atom. The van der Waals surface area contributed by atoms with Crippen LogP contribution in [0.4, 0.5) is 5.69 Å². The van der Waals surface area contributed by atoms with Crippen LogP contribution in [-0.4, -0.2) is 29.7 Å². The minimum absolute atomic E-state index is 0.0491. The first-order valence-corrected chi connectivity index (χ1v) is 4.15. The molecule has 4 nitrogen and oxygen atoms in total. The molecule has 0 amide bonds. The van der Waals surface area contributed by atoms with Crippen molar-refractivity contribution in [3.8, 4) is 0 Å². The minimum Gasteiger partial charge on any atom is -0.480 e. The molecule has 0 fully saturated rings. The molecule has 74 valence electrons. The van der Waals surface area contributed by atoms with E-state index in [9.17, 15) is 4.79 Å². The fourth-order valence-corrected chi connectivity index (χ4v) is 1.18. The van der Waals surface area contributed by atoms with Gasteiger partial charge in [-0.3, -0.25) is 9.78 Å². The fraction of sp³-hybridized carbons (Fsp3) is 0.200. The number of anilines is 1. The molecule has 0 aliphatic rings. The van der Waals surface area contributed by atoms with Gasteiger partial charge in [-0.05, 0) is 18.2 Å². The van der Waals surface area contributed by atoms with Crippen molar-refractivity contribution >= 4 is 17.7 Å². The summed E-state index contributed by atoms with van der Waals surface area (Å²) in [5, 5.41) is 8.62. The Kier molecular flexibility index (Phi) is 3.23. The van der Waals surface area contributed by atoms with E-state index in [0.29, 0.717) is 5.69 Å². The summed E-state index contributed by atoms with van der Waals surface area (Å²) in [4.78, 5) is 16.2. The molecule has 0 spiro atoms. The van der Waals surface area contributed by atoms with Crippen LogP contribution in [0.1, 0.15) is 5.69 Å². The van der Waals surface area contributed by atoms with Crippen LogP contribution in [0.15, 0.2) is 24.9 Å². The zero-order valence-electron chi connectivity index (χ0n) is 7.97. The first-order valence-electron chi connectivity index (χ1n) is 4.15. The first-order chi connectivity index (χ1) is 6.65. The van der Waals surface area contributed by atoms with Gasteiger partial charge in [-0.1, -0.05) is 6.58 Å². The maximum absolute atomic E-state index is 10.5. The van der Waals surface area contributed by atoms with Crippen LogP contribution < -0.4 is 4.90 Å². The molecule has 0 saturated heterocycles. The lowest BCUT2D eigenvalue weighted by Crippen LogP contribution is -2.25. The number of aliphatic carboxylic acids is 1. The Labute approximate surface area is 82.5 Å².